The van der Waals surface area contributed by atoms with Crippen molar-refractivity contribution >= 4 is 11.8 Å². The van der Waals surface area contributed by atoms with Gasteiger partial charge in [-0.1, -0.05) is 0 Å². The second-order valence-corrected chi connectivity index (χ2v) is 4.09. The van der Waals surface area contributed by atoms with Crippen molar-refractivity contribution in [1.82, 2.24) is 10.6 Å². The van der Waals surface area contributed by atoms with Crippen LogP contribution >= 0.6 is 0 Å². The lowest BCUT2D eigenvalue weighted by molar-refractivity contribution is -0.140. The van der Waals surface area contributed by atoms with E-state index in [-0.39, 0.29) is 24.1 Å². The third-order valence-electron chi connectivity index (χ3n) is 2.72. The molecule has 0 aliphatic carbocycles. The molecule has 1 aliphatic heterocycles. The Morgan fingerprint density at radius 3 is 2.56 bits per heavy atom. The van der Waals surface area contributed by atoms with Gasteiger partial charge in [0.2, 0.25) is 11.8 Å². The van der Waals surface area contributed by atoms with Crippen LogP contribution in [0.3, 0.4) is 0 Å². The molecule has 18 heavy (non-hydrogen) atoms. The van der Waals surface area contributed by atoms with Crippen molar-refractivity contribution in [3.63, 3.8) is 0 Å². The number of carbonyl (C=O) groups excluding carboxylic acids is 2. The van der Waals surface area contributed by atoms with Crippen molar-refractivity contribution in [2.24, 2.45) is 0 Å². The van der Waals surface area contributed by atoms with Crippen LogP contribution in [0.4, 0.5) is 0 Å². The number of carbonyl (C=O) groups is 2. The maximum absolute atomic E-state index is 11.5. The summed E-state index contributed by atoms with van der Waals surface area (Å²) in [4.78, 5) is 22.4. The van der Waals surface area contributed by atoms with E-state index in [9.17, 15) is 9.59 Å². The molecule has 2 amide bonds. The Balaban J connectivity index is 2.23. The number of rotatable bonds is 8. The first-order chi connectivity index (χ1) is 8.67. The summed E-state index contributed by atoms with van der Waals surface area (Å²) in [7, 11) is 0. The average molecular weight is 258 g/mol. The summed E-state index contributed by atoms with van der Waals surface area (Å²) < 4.78 is 10.8. The van der Waals surface area contributed by atoms with Gasteiger partial charge >= 0.3 is 0 Å². The zero-order valence-corrected chi connectivity index (χ0v) is 11.0. The van der Waals surface area contributed by atoms with Crippen LogP contribution in [0, 0.1) is 0 Å². The highest BCUT2D eigenvalue weighted by atomic mass is 16.7. The summed E-state index contributed by atoms with van der Waals surface area (Å²) in [6.45, 7) is 5.66. The second-order valence-electron chi connectivity index (χ2n) is 4.09. The summed E-state index contributed by atoms with van der Waals surface area (Å²) in [6, 6.07) is -0.286. The molecule has 2 N–H and O–H groups in total. The van der Waals surface area contributed by atoms with Crippen molar-refractivity contribution < 1.29 is 19.1 Å². The van der Waals surface area contributed by atoms with Crippen molar-refractivity contribution in [2.75, 3.05) is 19.8 Å². The number of ether oxygens (including phenoxy) is 2. The molecule has 0 bridgehead atoms. The van der Waals surface area contributed by atoms with Gasteiger partial charge in [0.1, 0.15) is 0 Å². The minimum absolute atomic E-state index is 0.195. The van der Waals surface area contributed by atoms with Gasteiger partial charge in [0.25, 0.3) is 0 Å². The molecule has 0 radical (unpaired) electrons. The van der Waals surface area contributed by atoms with Crippen molar-refractivity contribution in [3.05, 3.63) is 0 Å². The molecule has 0 aromatic rings. The van der Waals surface area contributed by atoms with Crippen molar-refractivity contribution in [3.8, 4) is 0 Å². The van der Waals surface area contributed by atoms with Crippen molar-refractivity contribution in [2.45, 2.75) is 45.4 Å². The Morgan fingerprint density at radius 2 is 2.00 bits per heavy atom. The van der Waals surface area contributed by atoms with Crippen LogP contribution < -0.4 is 10.6 Å². The zero-order chi connectivity index (χ0) is 13.4. The molecule has 1 unspecified atom stereocenters. The molecule has 0 spiro atoms. The number of piperidine rings is 1. The normalized spacial score (nSPS) is 20.3. The first-order valence-corrected chi connectivity index (χ1v) is 6.47. The van der Waals surface area contributed by atoms with E-state index < -0.39 is 0 Å². The third-order valence-corrected chi connectivity index (χ3v) is 2.72. The first-order valence-electron chi connectivity index (χ1n) is 6.47. The summed E-state index contributed by atoms with van der Waals surface area (Å²) >= 11 is 0. The molecule has 1 rings (SSSR count). The van der Waals surface area contributed by atoms with Crippen LogP contribution in [0.15, 0.2) is 0 Å². The molecule has 104 valence electrons. The second kappa shape index (κ2) is 8.18. The molecule has 0 aromatic carbocycles. The van der Waals surface area contributed by atoms with Gasteiger partial charge in [0.05, 0.1) is 6.04 Å². The van der Waals surface area contributed by atoms with E-state index in [1.807, 2.05) is 13.8 Å². The Kier molecular flexibility index (Phi) is 6.85. The molecule has 1 aliphatic rings. The molecule has 0 saturated carbocycles. The van der Waals surface area contributed by atoms with E-state index in [4.69, 9.17) is 9.47 Å². The predicted molar refractivity (Wildman–Crippen MR) is 65.8 cm³/mol. The van der Waals surface area contributed by atoms with E-state index >= 15 is 0 Å². The van der Waals surface area contributed by atoms with Crippen LogP contribution in [0.25, 0.3) is 0 Å². The highest BCUT2D eigenvalue weighted by Gasteiger charge is 2.25. The minimum atomic E-state index is -0.286. The minimum Gasteiger partial charge on any atom is -0.353 e. The molecule has 1 saturated heterocycles. The summed E-state index contributed by atoms with van der Waals surface area (Å²) in [5.74, 6) is -0.435. The monoisotopic (exact) mass is 258 g/mol. The molecular weight excluding hydrogens is 236 g/mol. The lowest BCUT2D eigenvalue weighted by atomic mass is 10.1. The lowest BCUT2D eigenvalue weighted by Gasteiger charge is -2.23. The average Bonchev–Trinajstić information content (AvgIpc) is 2.32. The maximum atomic E-state index is 11.5. The topological polar surface area (TPSA) is 76.7 Å². The van der Waals surface area contributed by atoms with Crippen LogP contribution in [0.1, 0.15) is 33.1 Å². The van der Waals surface area contributed by atoms with E-state index in [1.54, 1.807) is 0 Å². The fourth-order valence-electron chi connectivity index (χ4n) is 1.85. The van der Waals surface area contributed by atoms with E-state index in [0.717, 1.165) is 0 Å². The number of amides is 2. The third kappa shape index (κ3) is 5.12. The number of hydrogen-bond donors (Lipinski definition) is 2. The zero-order valence-electron chi connectivity index (χ0n) is 11.0. The van der Waals surface area contributed by atoms with Gasteiger partial charge in [-0.05, 0) is 20.3 Å². The van der Waals surface area contributed by atoms with Gasteiger partial charge in [-0.3, -0.25) is 14.9 Å². The number of hydrogen-bond acceptors (Lipinski definition) is 5. The van der Waals surface area contributed by atoms with Crippen LogP contribution in [-0.4, -0.2) is 43.9 Å². The van der Waals surface area contributed by atoms with Crippen LogP contribution in [0.2, 0.25) is 0 Å². The van der Waals surface area contributed by atoms with Gasteiger partial charge in [0.15, 0.2) is 6.29 Å². The van der Waals surface area contributed by atoms with Crippen LogP contribution in [0.5, 0.6) is 0 Å². The fraction of sp³-hybridized carbons (Fsp3) is 0.833. The Bertz CT molecular complexity index is 277. The molecule has 6 nitrogen and oxygen atoms in total. The standard InChI is InChI=1S/C12H22N2O4/c1-3-17-11(18-4-2)7-8-13-9-5-6-10(15)14-12(9)16/h9,11,13H,3-8H2,1-2H3,(H,14,15,16). The molecule has 6 heteroatoms. The fourth-order valence-corrected chi connectivity index (χ4v) is 1.85. The summed E-state index contributed by atoms with van der Waals surface area (Å²) in [6.07, 6.45) is 1.39. The summed E-state index contributed by atoms with van der Waals surface area (Å²) in [5.41, 5.74) is 0. The largest absolute Gasteiger partial charge is 0.353 e. The van der Waals surface area contributed by atoms with E-state index in [2.05, 4.69) is 10.6 Å². The lowest BCUT2D eigenvalue weighted by Crippen LogP contribution is -2.51. The number of nitrogens with one attached hydrogen (secondary N) is 2. The summed E-state index contributed by atoms with van der Waals surface area (Å²) in [5, 5.41) is 5.43. The molecule has 0 aromatic heterocycles. The Morgan fingerprint density at radius 1 is 1.33 bits per heavy atom. The Hall–Kier alpha value is -0.980. The first kappa shape index (κ1) is 15.1. The van der Waals surface area contributed by atoms with E-state index in [0.29, 0.717) is 39.0 Å². The Labute approximate surface area is 107 Å². The molecule has 1 fully saturated rings. The predicted octanol–water partition coefficient (Wildman–Crippen LogP) is 0.170. The van der Waals surface area contributed by atoms with E-state index in [1.165, 1.54) is 0 Å². The highest BCUT2D eigenvalue weighted by Crippen LogP contribution is 2.05. The smallest absolute Gasteiger partial charge is 0.243 e. The van der Waals surface area contributed by atoms with Gasteiger partial charge in [-0.25, -0.2) is 0 Å². The highest BCUT2D eigenvalue weighted by molar-refractivity contribution is 6.00. The number of imide groups is 1. The molecular formula is C12H22N2O4. The molecule has 1 atom stereocenters. The molecule has 1 heterocycles. The quantitative estimate of drug-likeness (QED) is 0.479. The SMILES string of the molecule is CCOC(CCNC1CCC(=O)NC1=O)OCC. The van der Waals surface area contributed by atoms with Crippen LogP contribution in [-0.2, 0) is 19.1 Å². The van der Waals surface area contributed by atoms with Gasteiger partial charge in [0, 0.05) is 32.6 Å². The maximum Gasteiger partial charge on any atom is 0.243 e. The van der Waals surface area contributed by atoms with Gasteiger partial charge in [-0.15, -0.1) is 0 Å². The van der Waals surface area contributed by atoms with Gasteiger partial charge in [-0.2, -0.15) is 0 Å². The van der Waals surface area contributed by atoms with Gasteiger partial charge < -0.3 is 14.8 Å². The van der Waals surface area contributed by atoms with Crippen molar-refractivity contribution in [1.29, 1.82) is 0 Å².